The third-order valence-corrected chi connectivity index (χ3v) is 4.17. The minimum absolute atomic E-state index is 0.0573. The molecule has 1 aromatic rings. The molecule has 0 radical (unpaired) electrons. The van der Waals surface area contributed by atoms with E-state index in [-0.39, 0.29) is 12.2 Å². The molecule has 0 unspecified atom stereocenters. The number of hydrogen-bond acceptors (Lipinski definition) is 4. The zero-order chi connectivity index (χ0) is 15.9. The second-order valence-electron chi connectivity index (χ2n) is 5.82. The summed E-state index contributed by atoms with van der Waals surface area (Å²) in [5.74, 6) is 1.40. The molecule has 0 aliphatic carbocycles. The molecular weight excluding hydrogens is 348 g/mol. The predicted molar refractivity (Wildman–Crippen MR) is 88.0 cm³/mol. The second kappa shape index (κ2) is 8.36. The molecule has 1 aliphatic heterocycles. The summed E-state index contributed by atoms with van der Waals surface area (Å²) in [5, 5.41) is 0. The van der Waals surface area contributed by atoms with Gasteiger partial charge in [-0.15, -0.1) is 0 Å². The van der Waals surface area contributed by atoms with Crippen LogP contribution < -0.4 is 4.74 Å². The molecule has 1 saturated heterocycles. The number of pyridine rings is 1. The number of ether oxygens (including phenoxy) is 2. The van der Waals surface area contributed by atoms with Crippen LogP contribution in [-0.4, -0.2) is 41.8 Å². The minimum atomic E-state index is -0.189. The molecule has 122 valence electrons. The Morgan fingerprint density at radius 1 is 1.41 bits per heavy atom. The van der Waals surface area contributed by atoms with E-state index in [2.05, 4.69) is 20.9 Å². The van der Waals surface area contributed by atoms with Gasteiger partial charge in [0, 0.05) is 13.1 Å². The van der Waals surface area contributed by atoms with Crippen LogP contribution in [-0.2, 0) is 4.74 Å². The topological polar surface area (TPSA) is 51.7 Å². The summed E-state index contributed by atoms with van der Waals surface area (Å²) < 4.78 is 11.7. The van der Waals surface area contributed by atoms with Crippen molar-refractivity contribution in [2.24, 2.45) is 5.92 Å². The van der Waals surface area contributed by atoms with Crippen molar-refractivity contribution in [1.29, 1.82) is 0 Å². The number of piperidine rings is 1. The highest BCUT2D eigenvalue weighted by Crippen LogP contribution is 2.22. The van der Waals surface area contributed by atoms with E-state index in [0.29, 0.717) is 12.5 Å². The Morgan fingerprint density at radius 2 is 2.14 bits per heavy atom. The van der Waals surface area contributed by atoms with Gasteiger partial charge < -0.3 is 14.4 Å². The van der Waals surface area contributed by atoms with Crippen molar-refractivity contribution in [2.45, 2.75) is 39.2 Å². The van der Waals surface area contributed by atoms with E-state index in [1.165, 1.54) is 0 Å². The third kappa shape index (κ3) is 5.48. The van der Waals surface area contributed by atoms with Gasteiger partial charge in [-0.3, -0.25) is 0 Å². The Balaban J connectivity index is 1.65. The van der Waals surface area contributed by atoms with E-state index >= 15 is 0 Å². The summed E-state index contributed by atoms with van der Waals surface area (Å²) in [5.41, 5.74) is 0. The number of amides is 1. The van der Waals surface area contributed by atoms with Crippen molar-refractivity contribution in [3.63, 3.8) is 0 Å². The molecule has 5 nitrogen and oxygen atoms in total. The lowest BCUT2D eigenvalue weighted by atomic mass is 9.94. The summed E-state index contributed by atoms with van der Waals surface area (Å²) in [6.07, 6.45) is 4.49. The fourth-order valence-electron chi connectivity index (χ4n) is 2.47. The van der Waals surface area contributed by atoms with E-state index in [9.17, 15) is 4.79 Å². The van der Waals surface area contributed by atoms with Crippen molar-refractivity contribution in [1.82, 2.24) is 9.88 Å². The summed E-state index contributed by atoms with van der Waals surface area (Å²) in [7, 11) is 0. The standard InChI is InChI=1S/C16H23BrN2O3/c1-12(2)22-16(20)19-8-5-13(6-9-19)7-10-21-14-3-4-15(17)18-11-14/h3-4,11-13H,5-10H2,1-2H3. The number of hydrogen-bond donors (Lipinski definition) is 0. The summed E-state index contributed by atoms with van der Waals surface area (Å²) in [4.78, 5) is 17.7. The van der Waals surface area contributed by atoms with Crippen molar-refractivity contribution in [3.05, 3.63) is 22.9 Å². The number of rotatable bonds is 5. The quantitative estimate of drug-likeness (QED) is 0.738. The molecule has 6 heteroatoms. The molecule has 0 bridgehead atoms. The maximum absolute atomic E-state index is 11.8. The van der Waals surface area contributed by atoms with E-state index in [1.807, 2.05) is 26.0 Å². The molecular formula is C16H23BrN2O3. The van der Waals surface area contributed by atoms with Gasteiger partial charge in [0.2, 0.25) is 0 Å². The molecule has 2 heterocycles. The van der Waals surface area contributed by atoms with Gasteiger partial charge >= 0.3 is 6.09 Å². The van der Waals surface area contributed by atoms with Gasteiger partial charge in [0.05, 0.1) is 18.9 Å². The highest BCUT2D eigenvalue weighted by atomic mass is 79.9. The molecule has 0 aromatic carbocycles. The van der Waals surface area contributed by atoms with Crippen LogP contribution in [0, 0.1) is 5.92 Å². The van der Waals surface area contributed by atoms with E-state index in [1.54, 1.807) is 11.1 Å². The first-order chi connectivity index (χ1) is 10.5. The monoisotopic (exact) mass is 370 g/mol. The molecule has 0 atom stereocenters. The number of aromatic nitrogens is 1. The molecule has 0 spiro atoms. The van der Waals surface area contributed by atoms with E-state index < -0.39 is 0 Å². The molecule has 0 saturated carbocycles. The number of carbonyl (C=O) groups excluding carboxylic acids is 1. The second-order valence-corrected chi connectivity index (χ2v) is 6.63. The van der Waals surface area contributed by atoms with Gasteiger partial charge in [-0.1, -0.05) is 0 Å². The van der Waals surface area contributed by atoms with E-state index in [4.69, 9.17) is 9.47 Å². The average molecular weight is 371 g/mol. The van der Waals surface area contributed by atoms with Crippen LogP contribution in [0.25, 0.3) is 0 Å². The third-order valence-electron chi connectivity index (χ3n) is 3.70. The lowest BCUT2D eigenvalue weighted by Crippen LogP contribution is -2.39. The van der Waals surface area contributed by atoms with Gasteiger partial charge in [0.1, 0.15) is 10.4 Å². The molecule has 0 N–H and O–H groups in total. The lowest BCUT2D eigenvalue weighted by molar-refractivity contribution is 0.0637. The molecule has 1 fully saturated rings. The largest absolute Gasteiger partial charge is 0.492 e. The van der Waals surface area contributed by atoms with Gasteiger partial charge in [-0.05, 0) is 67.1 Å². The maximum Gasteiger partial charge on any atom is 0.410 e. The van der Waals surface area contributed by atoms with Crippen LogP contribution in [0.2, 0.25) is 0 Å². The van der Waals surface area contributed by atoms with Crippen LogP contribution in [0.15, 0.2) is 22.9 Å². The number of nitrogens with zero attached hydrogens (tertiary/aromatic N) is 2. The normalized spacial score (nSPS) is 15.9. The zero-order valence-electron chi connectivity index (χ0n) is 13.1. The number of halogens is 1. The first-order valence-electron chi connectivity index (χ1n) is 7.74. The number of carbonyl (C=O) groups is 1. The molecule has 1 aliphatic rings. The fraction of sp³-hybridized carbons (Fsp3) is 0.625. The van der Waals surface area contributed by atoms with E-state index in [0.717, 1.165) is 42.7 Å². The Bertz CT molecular complexity index is 471. The Hall–Kier alpha value is -1.30. The van der Waals surface area contributed by atoms with Crippen LogP contribution in [0.1, 0.15) is 33.1 Å². The molecule has 1 aromatic heterocycles. The van der Waals surface area contributed by atoms with Gasteiger partial charge in [0.25, 0.3) is 0 Å². The zero-order valence-corrected chi connectivity index (χ0v) is 14.7. The predicted octanol–water partition coefficient (Wildman–Crippen LogP) is 3.87. The minimum Gasteiger partial charge on any atom is -0.492 e. The van der Waals surface area contributed by atoms with Gasteiger partial charge in [-0.25, -0.2) is 9.78 Å². The highest BCUT2D eigenvalue weighted by Gasteiger charge is 2.24. The van der Waals surface area contributed by atoms with Gasteiger partial charge in [0.15, 0.2) is 0 Å². The number of likely N-dealkylation sites (tertiary alicyclic amines) is 1. The van der Waals surface area contributed by atoms with Crippen LogP contribution in [0.5, 0.6) is 5.75 Å². The Morgan fingerprint density at radius 3 is 2.73 bits per heavy atom. The first-order valence-corrected chi connectivity index (χ1v) is 8.54. The fourth-order valence-corrected chi connectivity index (χ4v) is 2.71. The molecule has 22 heavy (non-hydrogen) atoms. The smallest absolute Gasteiger partial charge is 0.410 e. The summed E-state index contributed by atoms with van der Waals surface area (Å²) >= 11 is 3.30. The molecule has 1 amide bonds. The van der Waals surface area contributed by atoms with Crippen LogP contribution in [0.4, 0.5) is 4.79 Å². The summed E-state index contributed by atoms with van der Waals surface area (Å²) in [6.45, 7) is 5.98. The van der Waals surface area contributed by atoms with Crippen molar-refractivity contribution >= 4 is 22.0 Å². The highest BCUT2D eigenvalue weighted by molar-refractivity contribution is 9.10. The van der Waals surface area contributed by atoms with Crippen molar-refractivity contribution < 1.29 is 14.3 Å². The lowest BCUT2D eigenvalue weighted by Gasteiger charge is -2.31. The van der Waals surface area contributed by atoms with Crippen LogP contribution in [0.3, 0.4) is 0 Å². The maximum atomic E-state index is 11.8. The van der Waals surface area contributed by atoms with Gasteiger partial charge in [-0.2, -0.15) is 0 Å². The van der Waals surface area contributed by atoms with Crippen molar-refractivity contribution in [2.75, 3.05) is 19.7 Å². The average Bonchev–Trinajstić information content (AvgIpc) is 2.49. The Kier molecular flexibility index (Phi) is 6.49. The first kappa shape index (κ1) is 17.1. The Labute approximate surface area is 140 Å². The summed E-state index contributed by atoms with van der Waals surface area (Å²) in [6, 6.07) is 3.77. The SMILES string of the molecule is CC(C)OC(=O)N1CCC(CCOc2ccc(Br)nc2)CC1. The van der Waals surface area contributed by atoms with Crippen LogP contribution >= 0.6 is 15.9 Å². The van der Waals surface area contributed by atoms with Crippen molar-refractivity contribution in [3.8, 4) is 5.75 Å². The molecule has 2 rings (SSSR count).